The van der Waals surface area contributed by atoms with Gasteiger partial charge in [-0.05, 0) is 24.7 Å². The Bertz CT molecular complexity index is 894. The van der Waals surface area contributed by atoms with Crippen molar-refractivity contribution < 1.29 is 9.53 Å². The van der Waals surface area contributed by atoms with Crippen molar-refractivity contribution in [2.24, 2.45) is 17.3 Å². The van der Waals surface area contributed by atoms with Crippen molar-refractivity contribution in [3.63, 3.8) is 0 Å². The van der Waals surface area contributed by atoms with Crippen LogP contribution in [0.15, 0.2) is 24.8 Å². The molecule has 4 rings (SSSR count). The summed E-state index contributed by atoms with van der Waals surface area (Å²) < 4.78 is 5.85. The van der Waals surface area contributed by atoms with Gasteiger partial charge in [0.2, 0.25) is 5.91 Å². The topological polar surface area (TPSA) is 73.1 Å². The molecule has 0 spiro atoms. The highest BCUT2D eigenvalue weighted by Crippen LogP contribution is 2.47. The monoisotopic (exact) mass is 379 g/mol. The van der Waals surface area contributed by atoms with Gasteiger partial charge < -0.3 is 9.64 Å². The first-order chi connectivity index (χ1) is 13.5. The average Bonchev–Trinajstić information content (AvgIpc) is 3.07. The molecular formula is C21H25N5O2. The van der Waals surface area contributed by atoms with E-state index in [0.29, 0.717) is 42.8 Å². The number of carbonyl (C=O) groups is 1. The van der Waals surface area contributed by atoms with E-state index < -0.39 is 5.41 Å². The zero-order chi connectivity index (χ0) is 19.7. The van der Waals surface area contributed by atoms with Gasteiger partial charge in [-0.3, -0.25) is 9.78 Å². The first kappa shape index (κ1) is 18.5. The number of hydrogen-bond acceptors (Lipinski definition) is 5. The molecule has 0 unspecified atom stereocenters. The molecule has 2 aromatic heterocycles. The summed E-state index contributed by atoms with van der Waals surface area (Å²) in [5, 5.41) is 8.35. The molecule has 7 heteroatoms. The fraction of sp³-hybridized carbons (Fsp3) is 0.524. The summed E-state index contributed by atoms with van der Waals surface area (Å²) in [5.41, 5.74) is 1.09. The molecule has 0 N–H and O–H groups in total. The molecule has 0 saturated heterocycles. The third-order valence-corrected chi connectivity index (χ3v) is 6.08. The fourth-order valence-electron chi connectivity index (χ4n) is 4.22. The summed E-state index contributed by atoms with van der Waals surface area (Å²) in [6.07, 6.45) is 14.4. The lowest BCUT2D eigenvalue weighted by Crippen LogP contribution is -2.49. The first-order valence-corrected chi connectivity index (χ1v) is 9.68. The number of fused-ring (bicyclic) bond motifs is 1. The second-order valence-electron chi connectivity index (χ2n) is 8.23. The summed E-state index contributed by atoms with van der Waals surface area (Å²) in [5.74, 6) is 4.35. The molecule has 146 valence electrons. The van der Waals surface area contributed by atoms with Crippen LogP contribution in [0.3, 0.4) is 0 Å². The number of terminal acetylenes is 1. The van der Waals surface area contributed by atoms with Gasteiger partial charge in [0.1, 0.15) is 12.4 Å². The summed E-state index contributed by atoms with van der Waals surface area (Å²) in [7, 11) is 0. The standard InChI is InChI=1S/C21H25N5O2/c1-4-16-11-22-12-17-14-25(7-8-28-19(16)17)20(27)21(2,3)18-9-15(10-18)13-26-23-5-6-24-26/h1,5-6,11-12,15,18H,7-10,13-14H2,2-3H3. The minimum Gasteiger partial charge on any atom is -0.490 e. The molecule has 0 aromatic carbocycles. The Kier molecular flexibility index (Phi) is 4.80. The quantitative estimate of drug-likeness (QED) is 0.761. The van der Waals surface area contributed by atoms with Crippen molar-refractivity contribution in [3.8, 4) is 18.1 Å². The highest BCUT2D eigenvalue weighted by molar-refractivity contribution is 5.82. The van der Waals surface area contributed by atoms with Gasteiger partial charge in [0, 0.05) is 23.4 Å². The van der Waals surface area contributed by atoms with E-state index in [1.54, 1.807) is 29.6 Å². The Morgan fingerprint density at radius 3 is 2.79 bits per heavy atom. The molecule has 3 heterocycles. The second-order valence-corrected chi connectivity index (χ2v) is 8.23. The van der Waals surface area contributed by atoms with Crippen molar-refractivity contribution in [2.45, 2.75) is 39.8 Å². The zero-order valence-electron chi connectivity index (χ0n) is 16.3. The Morgan fingerprint density at radius 2 is 2.07 bits per heavy atom. The van der Waals surface area contributed by atoms with Crippen LogP contribution >= 0.6 is 0 Å². The van der Waals surface area contributed by atoms with Crippen molar-refractivity contribution in [3.05, 3.63) is 35.9 Å². The van der Waals surface area contributed by atoms with E-state index in [-0.39, 0.29) is 5.91 Å². The van der Waals surface area contributed by atoms with Gasteiger partial charge in [-0.25, -0.2) is 0 Å². The van der Waals surface area contributed by atoms with E-state index in [2.05, 4.69) is 34.9 Å². The smallest absolute Gasteiger partial charge is 0.228 e. The maximum Gasteiger partial charge on any atom is 0.228 e. The predicted octanol–water partition coefficient (Wildman–Crippen LogP) is 2.13. The molecule has 0 radical (unpaired) electrons. The Balaban J connectivity index is 1.42. The summed E-state index contributed by atoms with van der Waals surface area (Å²) >= 11 is 0. The van der Waals surface area contributed by atoms with Crippen LogP contribution in [0.1, 0.15) is 37.8 Å². The van der Waals surface area contributed by atoms with E-state index in [0.717, 1.165) is 24.9 Å². The Morgan fingerprint density at radius 1 is 1.32 bits per heavy atom. The van der Waals surface area contributed by atoms with Crippen LogP contribution in [0, 0.1) is 29.6 Å². The van der Waals surface area contributed by atoms with Crippen molar-refractivity contribution in [1.29, 1.82) is 0 Å². The van der Waals surface area contributed by atoms with E-state index in [1.807, 2.05) is 4.90 Å². The minimum absolute atomic E-state index is 0.163. The van der Waals surface area contributed by atoms with E-state index in [9.17, 15) is 4.79 Å². The maximum atomic E-state index is 13.4. The van der Waals surface area contributed by atoms with Crippen LogP contribution in [0.2, 0.25) is 0 Å². The molecule has 1 amide bonds. The third kappa shape index (κ3) is 3.35. The van der Waals surface area contributed by atoms with Crippen LogP contribution in [-0.2, 0) is 17.9 Å². The van der Waals surface area contributed by atoms with Gasteiger partial charge in [-0.2, -0.15) is 15.0 Å². The van der Waals surface area contributed by atoms with Gasteiger partial charge in [0.25, 0.3) is 0 Å². The highest BCUT2D eigenvalue weighted by Gasteiger charge is 2.46. The molecule has 7 nitrogen and oxygen atoms in total. The van der Waals surface area contributed by atoms with Gasteiger partial charge in [-0.15, -0.1) is 6.42 Å². The number of aromatic nitrogens is 4. The van der Waals surface area contributed by atoms with Crippen LogP contribution in [0.4, 0.5) is 0 Å². The fourth-order valence-corrected chi connectivity index (χ4v) is 4.22. The number of carbonyl (C=O) groups excluding carboxylic acids is 1. The summed E-state index contributed by atoms with van der Waals surface area (Å²) in [6.45, 7) is 6.41. The molecule has 0 atom stereocenters. The molecule has 0 bridgehead atoms. The van der Waals surface area contributed by atoms with Crippen molar-refractivity contribution in [2.75, 3.05) is 13.2 Å². The molecule has 28 heavy (non-hydrogen) atoms. The number of amides is 1. The molecule has 1 saturated carbocycles. The van der Waals surface area contributed by atoms with Gasteiger partial charge >= 0.3 is 0 Å². The molecule has 1 aliphatic heterocycles. The molecule has 1 aliphatic carbocycles. The predicted molar refractivity (Wildman–Crippen MR) is 103 cm³/mol. The van der Waals surface area contributed by atoms with Gasteiger partial charge in [-0.1, -0.05) is 19.8 Å². The van der Waals surface area contributed by atoms with E-state index in [4.69, 9.17) is 11.2 Å². The lowest BCUT2D eigenvalue weighted by Gasteiger charge is -2.45. The van der Waals surface area contributed by atoms with Gasteiger partial charge in [0.15, 0.2) is 0 Å². The normalized spacial score (nSPS) is 21.7. The summed E-state index contributed by atoms with van der Waals surface area (Å²) in [6, 6.07) is 0. The van der Waals surface area contributed by atoms with Crippen LogP contribution in [0.25, 0.3) is 0 Å². The van der Waals surface area contributed by atoms with Crippen molar-refractivity contribution in [1.82, 2.24) is 24.9 Å². The number of hydrogen-bond donors (Lipinski definition) is 0. The number of rotatable bonds is 4. The summed E-state index contributed by atoms with van der Waals surface area (Å²) in [4.78, 5) is 21.2. The molecule has 1 fully saturated rings. The number of nitrogens with zero attached hydrogens (tertiary/aromatic N) is 5. The van der Waals surface area contributed by atoms with Crippen LogP contribution in [-0.4, -0.2) is 43.9 Å². The number of pyridine rings is 1. The highest BCUT2D eigenvalue weighted by atomic mass is 16.5. The largest absolute Gasteiger partial charge is 0.490 e. The SMILES string of the molecule is C#Cc1cncc2c1OCCN(C(=O)C(C)(C)C1CC(Cn3nccn3)C1)C2. The Hall–Kier alpha value is -2.88. The molecule has 2 aliphatic rings. The Labute approximate surface area is 165 Å². The molecular weight excluding hydrogens is 354 g/mol. The van der Waals surface area contributed by atoms with Gasteiger partial charge in [0.05, 0.1) is 37.6 Å². The minimum atomic E-state index is -0.421. The number of ether oxygens (including phenoxy) is 1. The second kappa shape index (κ2) is 7.27. The van der Waals surface area contributed by atoms with Crippen molar-refractivity contribution >= 4 is 5.91 Å². The average molecular weight is 379 g/mol. The van der Waals surface area contributed by atoms with E-state index >= 15 is 0 Å². The third-order valence-electron chi connectivity index (χ3n) is 6.08. The zero-order valence-corrected chi connectivity index (χ0v) is 16.3. The maximum absolute atomic E-state index is 13.4. The lowest BCUT2D eigenvalue weighted by molar-refractivity contribution is -0.147. The lowest BCUT2D eigenvalue weighted by atomic mass is 9.61. The van der Waals surface area contributed by atoms with Crippen LogP contribution in [0.5, 0.6) is 5.75 Å². The first-order valence-electron chi connectivity index (χ1n) is 9.68. The molecule has 2 aromatic rings. The van der Waals surface area contributed by atoms with Crippen LogP contribution < -0.4 is 4.74 Å². The van der Waals surface area contributed by atoms with E-state index in [1.165, 1.54) is 0 Å².